The van der Waals surface area contributed by atoms with Gasteiger partial charge in [0.25, 0.3) is 0 Å². The Bertz CT molecular complexity index is 363. The monoisotopic (exact) mass is 305 g/mol. The molecule has 6 heteroatoms. The van der Waals surface area contributed by atoms with Gasteiger partial charge in [-0.05, 0) is 45.3 Å². The summed E-state index contributed by atoms with van der Waals surface area (Å²) in [4.78, 5) is 2.42. The molecule has 5 nitrogen and oxygen atoms in total. The van der Waals surface area contributed by atoms with E-state index in [9.17, 15) is 8.42 Å². The predicted octanol–water partition coefficient (Wildman–Crippen LogP) is 1.02. The van der Waals surface area contributed by atoms with Crippen LogP contribution in [-0.4, -0.2) is 57.3 Å². The van der Waals surface area contributed by atoms with E-state index in [0.717, 1.165) is 32.5 Å². The molecule has 120 valence electrons. The highest BCUT2D eigenvalue weighted by Crippen LogP contribution is 2.16. The molecule has 0 aromatic carbocycles. The Morgan fingerprint density at radius 2 is 1.80 bits per heavy atom. The molecule has 1 unspecified atom stereocenters. The lowest BCUT2D eigenvalue weighted by Crippen LogP contribution is -2.43. The van der Waals surface area contributed by atoms with Gasteiger partial charge in [0.2, 0.25) is 10.0 Å². The molecule has 0 spiro atoms. The van der Waals surface area contributed by atoms with E-state index in [0.29, 0.717) is 25.0 Å². The Morgan fingerprint density at radius 1 is 1.20 bits per heavy atom. The van der Waals surface area contributed by atoms with Crippen LogP contribution in [0.5, 0.6) is 0 Å². The molecule has 0 aliphatic carbocycles. The summed E-state index contributed by atoms with van der Waals surface area (Å²) in [5.41, 5.74) is 0. The second-order valence-electron chi connectivity index (χ2n) is 6.14. The number of likely N-dealkylation sites (tertiary alicyclic amines) is 1. The normalized spacial score (nSPS) is 20.4. The summed E-state index contributed by atoms with van der Waals surface area (Å²) < 4.78 is 27.1. The molecule has 0 saturated carbocycles. The van der Waals surface area contributed by atoms with Gasteiger partial charge >= 0.3 is 0 Å². The van der Waals surface area contributed by atoms with Gasteiger partial charge < -0.3 is 10.2 Å². The van der Waals surface area contributed by atoms with Crippen LogP contribution >= 0.6 is 0 Å². The Morgan fingerprint density at radius 3 is 2.30 bits per heavy atom. The summed E-state index contributed by atoms with van der Waals surface area (Å²) in [6.45, 7) is 12.3. The second-order valence-corrected chi connectivity index (χ2v) is 8.33. The van der Waals surface area contributed by atoms with Crippen LogP contribution in [0.25, 0.3) is 0 Å². The van der Waals surface area contributed by atoms with Crippen LogP contribution in [0.4, 0.5) is 0 Å². The highest BCUT2D eigenvalue weighted by molar-refractivity contribution is 7.90. The third-order valence-electron chi connectivity index (χ3n) is 4.07. The summed E-state index contributed by atoms with van der Waals surface area (Å²) in [5, 5.41) is 2.79. The minimum atomic E-state index is -3.20. The van der Waals surface area contributed by atoms with Gasteiger partial charge in [0, 0.05) is 19.1 Å². The molecule has 20 heavy (non-hydrogen) atoms. The highest BCUT2D eigenvalue weighted by atomic mass is 32.2. The van der Waals surface area contributed by atoms with Crippen molar-refractivity contribution in [3.63, 3.8) is 0 Å². The Kier molecular flexibility index (Phi) is 7.43. The number of piperidine rings is 1. The van der Waals surface area contributed by atoms with E-state index in [1.54, 1.807) is 6.92 Å². The van der Waals surface area contributed by atoms with E-state index < -0.39 is 10.0 Å². The SMILES string of the molecule is CCN1CCC(CNS(=O)(=O)C(C)CNC(C)C)CC1. The van der Waals surface area contributed by atoms with E-state index in [1.165, 1.54) is 0 Å². The smallest absolute Gasteiger partial charge is 0.215 e. The van der Waals surface area contributed by atoms with Crippen LogP contribution in [0.15, 0.2) is 0 Å². The standard InChI is InChI=1S/C14H31N3O2S/c1-5-17-8-6-14(7-9-17)11-16-20(18,19)13(4)10-15-12(2)3/h12-16H,5-11H2,1-4H3. The maximum absolute atomic E-state index is 12.1. The van der Waals surface area contributed by atoms with E-state index >= 15 is 0 Å². The fourth-order valence-electron chi connectivity index (χ4n) is 2.39. The summed E-state index contributed by atoms with van der Waals surface area (Å²) in [6.07, 6.45) is 2.18. The molecular weight excluding hydrogens is 274 g/mol. The van der Waals surface area contributed by atoms with Gasteiger partial charge in [0.05, 0.1) is 5.25 Å². The zero-order chi connectivity index (χ0) is 15.2. The van der Waals surface area contributed by atoms with Crippen LogP contribution in [0.3, 0.4) is 0 Å². The minimum Gasteiger partial charge on any atom is -0.313 e. The first-order valence-electron chi connectivity index (χ1n) is 7.79. The van der Waals surface area contributed by atoms with Gasteiger partial charge in [-0.15, -0.1) is 0 Å². The maximum atomic E-state index is 12.1. The zero-order valence-corrected chi connectivity index (χ0v) is 14.2. The van der Waals surface area contributed by atoms with Crippen molar-refractivity contribution in [2.45, 2.75) is 51.8 Å². The summed E-state index contributed by atoms with van der Waals surface area (Å²) in [5.74, 6) is 0.484. The summed E-state index contributed by atoms with van der Waals surface area (Å²) in [7, 11) is -3.20. The van der Waals surface area contributed by atoms with Crippen LogP contribution in [-0.2, 0) is 10.0 Å². The summed E-state index contributed by atoms with van der Waals surface area (Å²) >= 11 is 0. The van der Waals surface area contributed by atoms with Crippen molar-refractivity contribution in [1.82, 2.24) is 14.9 Å². The van der Waals surface area contributed by atoms with E-state index in [4.69, 9.17) is 0 Å². The average Bonchev–Trinajstić information content (AvgIpc) is 2.43. The van der Waals surface area contributed by atoms with Gasteiger partial charge in [-0.1, -0.05) is 20.8 Å². The number of nitrogens with one attached hydrogen (secondary N) is 2. The molecule has 0 bridgehead atoms. The second kappa shape index (κ2) is 8.32. The third-order valence-corrected chi connectivity index (χ3v) is 5.87. The van der Waals surface area contributed by atoms with E-state index in [1.807, 2.05) is 13.8 Å². The number of hydrogen-bond acceptors (Lipinski definition) is 4. The average molecular weight is 305 g/mol. The van der Waals surface area contributed by atoms with Crippen LogP contribution < -0.4 is 10.0 Å². The lowest BCUT2D eigenvalue weighted by Gasteiger charge is -2.31. The maximum Gasteiger partial charge on any atom is 0.215 e. The Hall–Kier alpha value is -0.170. The molecule has 0 amide bonds. The van der Waals surface area contributed by atoms with Crippen molar-refractivity contribution in [3.8, 4) is 0 Å². The van der Waals surface area contributed by atoms with Crippen LogP contribution in [0.1, 0.15) is 40.5 Å². The molecule has 1 heterocycles. The first kappa shape index (κ1) is 17.9. The van der Waals surface area contributed by atoms with Crippen molar-refractivity contribution in [1.29, 1.82) is 0 Å². The van der Waals surface area contributed by atoms with Crippen molar-refractivity contribution >= 4 is 10.0 Å². The third kappa shape index (κ3) is 6.08. The fourth-order valence-corrected chi connectivity index (χ4v) is 3.46. The molecule has 1 aliphatic rings. The zero-order valence-electron chi connectivity index (χ0n) is 13.4. The van der Waals surface area contributed by atoms with E-state index in [2.05, 4.69) is 21.9 Å². The number of sulfonamides is 1. The molecule has 1 rings (SSSR count). The molecule has 1 saturated heterocycles. The molecule has 0 aromatic rings. The van der Waals surface area contributed by atoms with Gasteiger partial charge in [0.1, 0.15) is 0 Å². The topological polar surface area (TPSA) is 61.4 Å². The van der Waals surface area contributed by atoms with Crippen molar-refractivity contribution in [3.05, 3.63) is 0 Å². The molecule has 0 radical (unpaired) electrons. The van der Waals surface area contributed by atoms with Gasteiger partial charge in [-0.2, -0.15) is 0 Å². The van der Waals surface area contributed by atoms with E-state index in [-0.39, 0.29) is 5.25 Å². The molecular formula is C14H31N3O2S. The van der Waals surface area contributed by atoms with Crippen molar-refractivity contribution < 1.29 is 8.42 Å². The predicted molar refractivity (Wildman–Crippen MR) is 84.4 cm³/mol. The number of hydrogen-bond donors (Lipinski definition) is 2. The fraction of sp³-hybridized carbons (Fsp3) is 1.00. The first-order valence-corrected chi connectivity index (χ1v) is 9.34. The lowest BCUT2D eigenvalue weighted by atomic mass is 9.97. The molecule has 0 aromatic heterocycles. The van der Waals surface area contributed by atoms with Gasteiger partial charge in [-0.25, -0.2) is 13.1 Å². The number of rotatable bonds is 8. The van der Waals surface area contributed by atoms with Gasteiger partial charge in [0.15, 0.2) is 0 Å². The Balaban J connectivity index is 2.32. The van der Waals surface area contributed by atoms with Gasteiger partial charge in [-0.3, -0.25) is 0 Å². The van der Waals surface area contributed by atoms with Crippen molar-refractivity contribution in [2.24, 2.45) is 5.92 Å². The largest absolute Gasteiger partial charge is 0.313 e. The van der Waals surface area contributed by atoms with Crippen LogP contribution in [0.2, 0.25) is 0 Å². The molecule has 1 atom stereocenters. The van der Waals surface area contributed by atoms with Crippen molar-refractivity contribution in [2.75, 3.05) is 32.7 Å². The number of nitrogens with zero attached hydrogens (tertiary/aromatic N) is 1. The quantitative estimate of drug-likeness (QED) is 0.703. The Labute approximate surface area is 124 Å². The summed E-state index contributed by atoms with van der Waals surface area (Å²) in [6, 6.07) is 0.311. The lowest BCUT2D eigenvalue weighted by molar-refractivity contribution is 0.193. The van der Waals surface area contributed by atoms with Crippen LogP contribution in [0, 0.1) is 5.92 Å². The highest BCUT2D eigenvalue weighted by Gasteiger charge is 2.23. The molecule has 1 fully saturated rings. The molecule has 1 aliphatic heterocycles. The first-order chi connectivity index (χ1) is 9.35. The minimum absolute atomic E-state index is 0.311. The molecule has 2 N–H and O–H groups in total.